The molecule has 0 saturated carbocycles. The number of sulfonamides is 1. The minimum absolute atomic E-state index is 0.0335. The molecular formula is C23H38N2O4S. The second-order valence-electron chi connectivity index (χ2n) is 9.26. The summed E-state index contributed by atoms with van der Waals surface area (Å²) < 4.78 is 33.2. The second-order valence-corrected chi connectivity index (χ2v) is 11.2. The van der Waals surface area contributed by atoms with Crippen molar-refractivity contribution >= 4 is 15.9 Å². The van der Waals surface area contributed by atoms with Gasteiger partial charge in [-0.05, 0) is 62.8 Å². The second kappa shape index (κ2) is 10.7. The molecule has 2 rings (SSSR count). The third-order valence-corrected chi connectivity index (χ3v) is 7.21. The van der Waals surface area contributed by atoms with E-state index in [0.29, 0.717) is 43.6 Å². The first-order chi connectivity index (χ1) is 14.0. The van der Waals surface area contributed by atoms with Crippen LogP contribution in [0.1, 0.15) is 64.7 Å². The summed E-state index contributed by atoms with van der Waals surface area (Å²) in [6.07, 6.45) is 1.62. The van der Waals surface area contributed by atoms with Gasteiger partial charge in [0.1, 0.15) is 0 Å². The van der Waals surface area contributed by atoms with E-state index in [1.807, 2.05) is 18.7 Å². The van der Waals surface area contributed by atoms with Crippen LogP contribution < -0.4 is 0 Å². The fraction of sp³-hybridized carbons (Fsp3) is 0.696. The highest BCUT2D eigenvalue weighted by Crippen LogP contribution is 2.22. The molecular weight excluding hydrogens is 400 g/mol. The van der Waals surface area contributed by atoms with Gasteiger partial charge in [0.25, 0.3) is 5.91 Å². The number of nitrogens with zero attached hydrogens (tertiary/aromatic N) is 2. The van der Waals surface area contributed by atoms with E-state index in [1.165, 1.54) is 4.31 Å². The topological polar surface area (TPSA) is 66.9 Å². The fourth-order valence-corrected chi connectivity index (χ4v) is 5.16. The molecule has 0 aliphatic carbocycles. The van der Waals surface area contributed by atoms with E-state index in [2.05, 4.69) is 27.7 Å². The zero-order valence-electron chi connectivity index (χ0n) is 19.3. The first-order valence-corrected chi connectivity index (χ1v) is 12.5. The van der Waals surface area contributed by atoms with Crippen LogP contribution in [0.15, 0.2) is 29.2 Å². The maximum Gasteiger partial charge on any atom is 0.253 e. The molecule has 0 radical (unpaired) electrons. The van der Waals surface area contributed by atoms with Crippen LogP contribution in [0.5, 0.6) is 0 Å². The molecule has 0 N–H and O–H groups in total. The monoisotopic (exact) mass is 438 g/mol. The van der Waals surface area contributed by atoms with E-state index in [1.54, 1.807) is 24.3 Å². The first-order valence-electron chi connectivity index (χ1n) is 11.1. The van der Waals surface area contributed by atoms with Crippen molar-refractivity contribution in [3.63, 3.8) is 0 Å². The lowest BCUT2D eigenvalue weighted by molar-refractivity contribution is -0.0440. The molecule has 1 amide bonds. The summed E-state index contributed by atoms with van der Waals surface area (Å²) in [5.41, 5.74) is 0.533. The number of hydrogen-bond donors (Lipinski definition) is 0. The van der Waals surface area contributed by atoms with Crippen LogP contribution >= 0.6 is 0 Å². The Morgan fingerprint density at radius 1 is 1.00 bits per heavy atom. The Morgan fingerprint density at radius 3 is 1.90 bits per heavy atom. The highest BCUT2D eigenvalue weighted by atomic mass is 32.2. The lowest BCUT2D eigenvalue weighted by atomic mass is 10.1. The van der Waals surface area contributed by atoms with Gasteiger partial charge >= 0.3 is 0 Å². The van der Waals surface area contributed by atoms with E-state index in [4.69, 9.17) is 4.74 Å². The van der Waals surface area contributed by atoms with Crippen LogP contribution in [-0.4, -0.2) is 61.9 Å². The molecule has 1 aromatic rings. The van der Waals surface area contributed by atoms with Crippen LogP contribution in [0.4, 0.5) is 0 Å². The minimum atomic E-state index is -3.61. The fourth-order valence-electron chi connectivity index (χ4n) is 3.57. The smallest absolute Gasteiger partial charge is 0.253 e. The lowest BCUT2D eigenvalue weighted by Crippen LogP contribution is -2.48. The molecule has 2 unspecified atom stereocenters. The molecule has 1 aliphatic rings. The maximum absolute atomic E-state index is 13.1. The van der Waals surface area contributed by atoms with E-state index in [0.717, 1.165) is 12.8 Å². The van der Waals surface area contributed by atoms with Crippen LogP contribution in [0.3, 0.4) is 0 Å². The van der Waals surface area contributed by atoms with Gasteiger partial charge in [0.05, 0.1) is 17.1 Å². The molecule has 0 aromatic heterocycles. The molecule has 0 bridgehead atoms. The Bertz CT molecular complexity index is 768. The molecule has 1 aliphatic heterocycles. The highest BCUT2D eigenvalue weighted by molar-refractivity contribution is 7.89. The number of rotatable bonds is 9. The number of carbonyl (C=O) groups excluding carboxylic acids is 1. The molecule has 6 nitrogen and oxygen atoms in total. The Hall–Kier alpha value is -1.44. The van der Waals surface area contributed by atoms with E-state index >= 15 is 0 Å². The third-order valence-electron chi connectivity index (χ3n) is 5.37. The first kappa shape index (κ1) is 24.8. The summed E-state index contributed by atoms with van der Waals surface area (Å²) in [4.78, 5) is 15.2. The molecule has 7 heteroatoms. The van der Waals surface area contributed by atoms with Gasteiger partial charge in [-0.3, -0.25) is 4.79 Å². The van der Waals surface area contributed by atoms with Gasteiger partial charge in [-0.2, -0.15) is 4.31 Å². The zero-order chi connectivity index (χ0) is 22.5. The summed E-state index contributed by atoms with van der Waals surface area (Å²) in [6, 6.07) is 6.38. The Balaban J connectivity index is 2.16. The summed E-state index contributed by atoms with van der Waals surface area (Å²) in [6.45, 7) is 14.5. The molecule has 0 spiro atoms. The van der Waals surface area contributed by atoms with Crippen molar-refractivity contribution in [2.75, 3.05) is 26.2 Å². The average Bonchev–Trinajstić information content (AvgIpc) is 2.66. The molecule has 1 fully saturated rings. The van der Waals surface area contributed by atoms with Gasteiger partial charge in [-0.25, -0.2) is 8.42 Å². The van der Waals surface area contributed by atoms with Crippen molar-refractivity contribution < 1.29 is 17.9 Å². The zero-order valence-corrected chi connectivity index (χ0v) is 20.1. The quantitative estimate of drug-likeness (QED) is 0.584. The van der Waals surface area contributed by atoms with Crippen LogP contribution in [0.25, 0.3) is 0 Å². The van der Waals surface area contributed by atoms with E-state index in [9.17, 15) is 13.2 Å². The van der Waals surface area contributed by atoms with Gasteiger partial charge in [-0.15, -0.1) is 0 Å². The summed E-state index contributed by atoms with van der Waals surface area (Å²) in [5, 5.41) is 0. The number of amides is 1. The van der Waals surface area contributed by atoms with Crippen molar-refractivity contribution in [3.8, 4) is 0 Å². The summed E-state index contributed by atoms with van der Waals surface area (Å²) in [5.74, 6) is 1.00. The van der Waals surface area contributed by atoms with E-state index in [-0.39, 0.29) is 23.0 Å². The normalized spacial score (nSPS) is 20.7. The Morgan fingerprint density at radius 2 is 1.47 bits per heavy atom. The molecule has 170 valence electrons. The molecule has 2 atom stereocenters. The van der Waals surface area contributed by atoms with Crippen LogP contribution in [0.2, 0.25) is 0 Å². The number of ether oxygens (including phenoxy) is 1. The highest BCUT2D eigenvalue weighted by Gasteiger charge is 2.32. The predicted octanol–water partition coefficient (Wildman–Crippen LogP) is 4.02. The molecule has 30 heavy (non-hydrogen) atoms. The largest absolute Gasteiger partial charge is 0.373 e. The van der Waals surface area contributed by atoms with Crippen LogP contribution in [-0.2, 0) is 14.8 Å². The molecule has 1 aromatic carbocycles. The minimum Gasteiger partial charge on any atom is -0.373 e. The summed E-state index contributed by atoms with van der Waals surface area (Å²) >= 11 is 0. The van der Waals surface area contributed by atoms with Gasteiger partial charge < -0.3 is 9.64 Å². The number of benzene rings is 1. The van der Waals surface area contributed by atoms with Gasteiger partial charge in [0.2, 0.25) is 10.0 Å². The van der Waals surface area contributed by atoms with Crippen molar-refractivity contribution in [3.05, 3.63) is 29.8 Å². The van der Waals surface area contributed by atoms with Crippen molar-refractivity contribution in [2.24, 2.45) is 11.8 Å². The number of morpholine rings is 1. The SMILES string of the molecule is CC(C)CCN(CCC(C)C)C(=O)c1ccc(S(=O)(=O)N2CC(C)OC(C)C2)cc1. The van der Waals surface area contributed by atoms with Gasteiger partial charge in [-0.1, -0.05) is 27.7 Å². The number of carbonyl (C=O) groups is 1. The standard InChI is InChI=1S/C23H38N2O4S/c1-17(2)11-13-24(14-12-18(3)4)23(26)21-7-9-22(10-8-21)30(27,28)25-15-19(5)29-20(6)16-25/h7-10,17-20H,11-16H2,1-6H3. The Labute approximate surface area is 182 Å². The van der Waals surface area contributed by atoms with Crippen LogP contribution in [0, 0.1) is 11.8 Å². The van der Waals surface area contributed by atoms with Gasteiger partial charge in [0, 0.05) is 31.7 Å². The summed E-state index contributed by atoms with van der Waals surface area (Å²) in [7, 11) is -3.61. The van der Waals surface area contributed by atoms with Crippen molar-refractivity contribution in [1.82, 2.24) is 9.21 Å². The Kier molecular flexibility index (Phi) is 8.88. The molecule has 1 saturated heterocycles. The van der Waals surface area contributed by atoms with Crippen molar-refractivity contribution in [1.29, 1.82) is 0 Å². The van der Waals surface area contributed by atoms with Gasteiger partial charge in [0.15, 0.2) is 0 Å². The molecule has 1 heterocycles. The third kappa shape index (κ3) is 6.79. The predicted molar refractivity (Wildman–Crippen MR) is 120 cm³/mol. The van der Waals surface area contributed by atoms with E-state index < -0.39 is 10.0 Å². The number of hydrogen-bond acceptors (Lipinski definition) is 4. The van der Waals surface area contributed by atoms with Crippen molar-refractivity contribution in [2.45, 2.75) is 71.5 Å². The maximum atomic E-state index is 13.1. The average molecular weight is 439 g/mol. The lowest BCUT2D eigenvalue weighted by Gasteiger charge is -2.34.